The molecule has 3 heteroatoms. The van der Waals surface area contributed by atoms with Crippen LogP contribution in [0.3, 0.4) is 0 Å². The Kier molecular flexibility index (Phi) is 4.31. The molecule has 0 aromatic heterocycles. The van der Waals surface area contributed by atoms with Crippen LogP contribution in [0.2, 0.25) is 0 Å². The minimum atomic E-state index is -0.970. The quantitative estimate of drug-likeness (QED) is 0.845. The van der Waals surface area contributed by atoms with Crippen LogP contribution in [-0.4, -0.2) is 16.9 Å². The average Bonchev–Trinajstić information content (AvgIpc) is 2.46. The molecule has 0 heterocycles. The van der Waals surface area contributed by atoms with E-state index >= 15 is 0 Å². The van der Waals surface area contributed by atoms with Crippen LogP contribution in [-0.2, 0) is 4.79 Å². The van der Waals surface area contributed by atoms with Gasteiger partial charge in [-0.3, -0.25) is 9.59 Å². The van der Waals surface area contributed by atoms with Crippen molar-refractivity contribution in [2.75, 3.05) is 0 Å². The maximum atomic E-state index is 12.6. The van der Waals surface area contributed by atoms with Crippen molar-refractivity contribution in [3.8, 4) is 0 Å². The highest BCUT2D eigenvalue weighted by atomic mass is 16.4. The number of carboxylic acids is 1. The van der Waals surface area contributed by atoms with Crippen LogP contribution >= 0.6 is 0 Å². The van der Waals surface area contributed by atoms with Crippen molar-refractivity contribution in [1.82, 2.24) is 0 Å². The van der Waals surface area contributed by atoms with Crippen molar-refractivity contribution in [2.24, 2.45) is 0 Å². The number of ketones is 1. The molecule has 0 saturated heterocycles. The summed E-state index contributed by atoms with van der Waals surface area (Å²) in [5.74, 6) is -1.76. The van der Waals surface area contributed by atoms with Gasteiger partial charge < -0.3 is 5.11 Å². The summed E-state index contributed by atoms with van der Waals surface area (Å²) in [6.45, 7) is 1.89. The maximum Gasteiger partial charge on any atom is 0.304 e. The van der Waals surface area contributed by atoms with E-state index in [0.717, 1.165) is 11.1 Å². The molecule has 3 nitrogen and oxygen atoms in total. The highest BCUT2D eigenvalue weighted by Gasteiger charge is 2.25. The fraction of sp³-hybridized carbons (Fsp3) is 0.176. The fourth-order valence-electron chi connectivity index (χ4n) is 2.30. The van der Waals surface area contributed by atoms with Crippen LogP contribution in [0, 0.1) is 6.92 Å². The molecule has 2 aromatic carbocycles. The summed E-state index contributed by atoms with van der Waals surface area (Å²) in [5, 5.41) is 9.08. The first-order valence-corrected chi connectivity index (χ1v) is 6.46. The van der Waals surface area contributed by atoms with Gasteiger partial charge in [-0.15, -0.1) is 0 Å². The van der Waals surface area contributed by atoms with Gasteiger partial charge in [-0.2, -0.15) is 0 Å². The number of benzene rings is 2. The third-order valence-electron chi connectivity index (χ3n) is 3.32. The van der Waals surface area contributed by atoms with Gasteiger partial charge in [-0.05, 0) is 18.1 Å². The van der Waals surface area contributed by atoms with Crippen molar-refractivity contribution >= 4 is 11.8 Å². The van der Waals surface area contributed by atoms with Gasteiger partial charge in [0.2, 0.25) is 0 Å². The topological polar surface area (TPSA) is 54.4 Å². The number of aliphatic carboxylic acids is 1. The Balaban J connectivity index is 2.41. The molecule has 1 atom stereocenters. The number of carboxylic acid groups (broad SMARTS) is 1. The second-order valence-corrected chi connectivity index (χ2v) is 4.74. The first-order chi connectivity index (χ1) is 9.59. The monoisotopic (exact) mass is 268 g/mol. The smallest absolute Gasteiger partial charge is 0.304 e. The number of rotatable bonds is 5. The number of hydrogen-bond donors (Lipinski definition) is 1. The number of aryl methyl sites for hydroxylation is 1. The third kappa shape index (κ3) is 3.12. The lowest BCUT2D eigenvalue weighted by Gasteiger charge is -2.16. The molecule has 1 N–H and O–H groups in total. The number of hydrogen-bond acceptors (Lipinski definition) is 2. The van der Waals surface area contributed by atoms with E-state index in [9.17, 15) is 9.59 Å². The number of carbonyl (C=O) groups excluding carboxylic acids is 1. The molecule has 20 heavy (non-hydrogen) atoms. The van der Waals surface area contributed by atoms with Crippen molar-refractivity contribution < 1.29 is 14.7 Å². The van der Waals surface area contributed by atoms with Crippen LogP contribution in [0.1, 0.15) is 33.8 Å². The Bertz CT molecular complexity index is 617. The zero-order valence-corrected chi connectivity index (χ0v) is 11.2. The van der Waals surface area contributed by atoms with Crippen LogP contribution in [0.25, 0.3) is 0 Å². The largest absolute Gasteiger partial charge is 0.481 e. The molecule has 0 aliphatic carbocycles. The first kappa shape index (κ1) is 14.0. The van der Waals surface area contributed by atoms with Crippen LogP contribution in [0.4, 0.5) is 0 Å². The number of carbonyl (C=O) groups is 2. The highest BCUT2D eigenvalue weighted by molar-refractivity contribution is 6.02. The third-order valence-corrected chi connectivity index (χ3v) is 3.32. The molecule has 0 bridgehead atoms. The molecule has 0 spiro atoms. The van der Waals surface area contributed by atoms with Gasteiger partial charge in [0.25, 0.3) is 0 Å². The Morgan fingerprint density at radius 2 is 1.60 bits per heavy atom. The standard InChI is InChI=1S/C17H16O3/c1-12-7-5-6-10-14(12)15(11-16(18)19)17(20)13-8-3-2-4-9-13/h2-10,15H,11H2,1H3,(H,18,19). The van der Waals surface area contributed by atoms with Crippen LogP contribution in [0.5, 0.6) is 0 Å². The van der Waals surface area contributed by atoms with Gasteiger partial charge in [0, 0.05) is 5.56 Å². The Morgan fingerprint density at radius 1 is 1.00 bits per heavy atom. The molecule has 102 valence electrons. The normalized spacial score (nSPS) is 11.8. The predicted octanol–water partition coefficient (Wildman–Crippen LogP) is 3.44. The molecule has 0 amide bonds. The zero-order chi connectivity index (χ0) is 14.5. The van der Waals surface area contributed by atoms with Crippen LogP contribution in [0.15, 0.2) is 54.6 Å². The molecular weight excluding hydrogens is 252 g/mol. The first-order valence-electron chi connectivity index (χ1n) is 6.46. The summed E-state index contributed by atoms with van der Waals surface area (Å²) >= 11 is 0. The second kappa shape index (κ2) is 6.15. The lowest BCUT2D eigenvalue weighted by Crippen LogP contribution is -2.17. The van der Waals surface area contributed by atoms with E-state index in [1.54, 1.807) is 24.3 Å². The Labute approximate surface area is 117 Å². The van der Waals surface area contributed by atoms with Crippen molar-refractivity contribution in [2.45, 2.75) is 19.3 Å². The van der Waals surface area contributed by atoms with E-state index < -0.39 is 11.9 Å². The van der Waals surface area contributed by atoms with Gasteiger partial charge in [0.15, 0.2) is 5.78 Å². The summed E-state index contributed by atoms with van der Waals surface area (Å²) in [6, 6.07) is 16.2. The van der Waals surface area contributed by atoms with E-state index in [0.29, 0.717) is 5.56 Å². The summed E-state index contributed by atoms with van der Waals surface area (Å²) in [7, 11) is 0. The lowest BCUT2D eigenvalue weighted by atomic mass is 9.86. The molecule has 2 rings (SSSR count). The van der Waals surface area contributed by atoms with E-state index in [1.807, 2.05) is 37.3 Å². The number of Topliss-reactive ketones (excluding diaryl/α,β-unsaturated/α-hetero) is 1. The van der Waals surface area contributed by atoms with Gasteiger partial charge in [-0.25, -0.2) is 0 Å². The molecule has 1 unspecified atom stereocenters. The van der Waals surface area contributed by atoms with E-state index in [1.165, 1.54) is 0 Å². The molecule has 0 aliphatic heterocycles. The Morgan fingerprint density at radius 3 is 2.20 bits per heavy atom. The molecule has 0 aliphatic rings. The zero-order valence-electron chi connectivity index (χ0n) is 11.2. The minimum absolute atomic E-state index is 0.151. The molecule has 0 radical (unpaired) electrons. The van der Waals surface area contributed by atoms with E-state index in [2.05, 4.69) is 0 Å². The average molecular weight is 268 g/mol. The minimum Gasteiger partial charge on any atom is -0.481 e. The van der Waals surface area contributed by atoms with Gasteiger partial charge in [0.1, 0.15) is 0 Å². The summed E-state index contributed by atoms with van der Waals surface area (Å²) in [4.78, 5) is 23.6. The van der Waals surface area contributed by atoms with Crippen molar-refractivity contribution in [3.63, 3.8) is 0 Å². The molecule has 0 fully saturated rings. The SMILES string of the molecule is Cc1ccccc1C(CC(=O)O)C(=O)c1ccccc1. The summed E-state index contributed by atoms with van der Waals surface area (Å²) < 4.78 is 0. The molecule has 0 saturated carbocycles. The van der Waals surface area contributed by atoms with E-state index in [-0.39, 0.29) is 12.2 Å². The van der Waals surface area contributed by atoms with Gasteiger partial charge >= 0.3 is 5.97 Å². The maximum absolute atomic E-state index is 12.6. The second-order valence-electron chi connectivity index (χ2n) is 4.74. The molecular formula is C17H16O3. The molecule has 2 aromatic rings. The summed E-state index contributed by atoms with van der Waals surface area (Å²) in [5.41, 5.74) is 2.26. The van der Waals surface area contributed by atoms with E-state index in [4.69, 9.17) is 5.11 Å². The fourth-order valence-corrected chi connectivity index (χ4v) is 2.30. The van der Waals surface area contributed by atoms with Gasteiger partial charge in [0.05, 0.1) is 12.3 Å². The lowest BCUT2D eigenvalue weighted by molar-refractivity contribution is -0.137. The van der Waals surface area contributed by atoms with Crippen molar-refractivity contribution in [3.05, 3.63) is 71.3 Å². The van der Waals surface area contributed by atoms with Gasteiger partial charge in [-0.1, -0.05) is 54.6 Å². The Hall–Kier alpha value is -2.42. The summed E-state index contributed by atoms with van der Waals surface area (Å²) in [6.07, 6.45) is -0.196. The van der Waals surface area contributed by atoms with Crippen LogP contribution < -0.4 is 0 Å². The predicted molar refractivity (Wildman–Crippen MR) is 76.9 cm³/mol. The highest BCUT2D eigenvalue weighted by Crippen LogP contribution is 2.27. The van der Waals surface area contributed by atoms with Crippen molar-refractivity contribution in [1.29, 1.82) is 0 Å².